The summed E-state index contributed by atoms with van der Waals surface area (Å²) in [6.45, 7) is 1.93. The minimum atomic E-state index is -0.857. The number of carbonyl (C=O) groups excluding carboxylic acids is 1. The Bertz CT molecular complexity index is 2020. The lowest BCUT2D eigenvalue weighted by atomic mass is 9.89. The van der Waals surface area contributed by atoms with E-state index in [0.29, 0.717) is 32.1 Å². The van der Waals surface area contributed by atoms with E-state index in [-0.39, 0.29) is 17.7 Å². The summed E-state index contributed by atoms with van der Waals surface area (Å²) in [5.74, 6) is 0.699. The highest BCUT2D eigenvalue weighted by Crippen LogP contribution is 2.42. The number of aromatic nitrogens is 1. The smallest absolute Gasteiger partial charge is 0.338 e. The molecule has 1 aromatic heterocycles. The van der Waals surface area contributed by atoms with E-state index in [1.54, 1.807) is 25.7 Å². The molecule has 0 bridgehead atoms. The molecule has 1 aliphatic rings. The zero-order chi connectivity index (χ0) is 29.2. The van der Waals surface area contributed by atoms with Crippen LogP contribution in [0.1, 0.15) is 29.7 Å². The molecule has 1 aliphatic heterocycles. The van der Waals surface area contributed by atoms with Gasteiger partial charge in [0.2, 0.25) is 0 Å². The number of methoxy groups -OCH3 is 2. The SMILES string of the molecule is CCOC(=O)C1=C(c2ccccc2)N=c2sc(=Cc3cccc(OC)c3)c(=O)n2C1c1c(OC)ccc2ccccc12. The van der Waals surface area contributed by atoms with Crippen molar-refractivity contribution in [1.29, 1.82) is 0 Å². The summed E-state index contributed by atoms with van der Waals surface area (Å²) in [6, 6.07) is 27.8. The van der Waals surface area contributed by atoms with Crippen molar-refractivity contribution in [1.82, 2.24) is 4.57 Å². The first-order valence-electron chi connectivity index (χ1n) is 13.5. The Labute approximate surface area is 246 Å². The summed E-state index contributed by atoms with van der Waals surface area (Å²) in [7, 11) is 3.19. The van der Waals surface area contributed by atoms with Crippen LogP contribution in [-0.4, -0.2) is 31.4 Å². The van der Waals surface area contributed by atoms with Gasteiger partial charge in [0.25, 0.3) is 5.56 Å². The Balaban J connectivity index is 1.74. The van der Waals surface area contributed by atoms with Gasteiger partial charge in [-0.15, -0.1) is 0 Å². The van der Waals surface area contributed by atoms with Crippen LogP contribution in [0.25, 0.3) is 22.5 Å². The standard InChI is InChI=1S/C34H28N2O5S/c1-4-41-33(38)29-30(23-13-6-5-7-14-23)35-34-36(32(37)27(42-34)20-21-11-10-15-24(19-21)39-2)31(29)28-25-16-9-8-12-22(25)17-18-26(28)40-3/h5-20,31H,4H2,1-3H3. The molecule has 7 nitrogen and oxygen atoms in total. The number of thiazole rings is 1. The van der Waals surface area contributed by atoms with E-state index >= 15 is 0 Å². The highest BCUT2D eigenvalue weighted by atomic mass is 32.1. The van der Waals surface area contributed by atoms with Crippen molar-refractivity contribution in [2.75, 3.05) is 20.8 Å². The molecule has 0 spiro atoms. The van der Waals surface area contributed by atoms with Gasteiger partial charge >= 0.3 is 5.97 Å². The van der Waals surface area contributed by atoms with Gasteiger partial charge in [0.05, 0.1) is 36.6 Å². The van der Waals surface area contributed by atoms with E-state index in [4.69, 9.17) is 19.2 Å². The van der Waals surface area contributed by atoms with Crippen LogP contribution in [0.4, 0.5) is 0 Å². The Morgan fingerprint density at radius 1 is 0.952 bits per heavy atom. The third-order valence-corrected chi connectivity index (χ3v) is 8.17. The number of rotatable bonds is 7. The quantitative estimate of drug-likeness (QED) is 0.252. The monoisotopic (exact) mass is 576 g/mol. The van der Waals surface area contributed by atoms with Crippen molar-refractivity contribution in [2.45, 2.75) is 13.0 Å². The van der Waals surface area contributed by atoms with Crippen molar-refractivity contribution in [3.63, 3.8) is 0 Å². The number of ether oxygens (including phenoxy) is 3. The van der Waals surface area contributed by atoms with Crippen molar-refractivity contribution in [2.24, 2.45) is 4.99 Å². The highest BCUT2D eigenvalue weighted by molar-refractivity contribution is 7.07. The Kier molecular flexibility index (Phi) is 7.46. The summed E-state index contributed by atoms with van der Waals surface area (Å²) >= 11 is 1.27. The molecule has 0 saturated carbocycles. The number of esters is 1. The lowest BCUT2D eigenvalue weighted by Gasteiger charge is -2.28. The first kappa shape index (κ1) is 27.2. The predicted molar refractivity (Wildman–Crippen MR) is 165 cm³/mol. The van der Waals surface area contributed by atoms with Gasteiger partial charge in [0.15, 0.2) is 4.80 Å². The number of fused-ring (bicyclic) bond motifs is 2. The molecule has 0 aliphatic carbocycles. The van der Waals surface area contributed by atoms with Crippen LogP contribution in [0.5, 0.6) is 11.5 Å². The molecule has 0 amide bonds. The van der Waals surface area contributed by atoms with Gasteiger partial charge < -0.3 is 14.2 Å². The van der Waals surface area contributed by atoms with Crippen LogP contribution in [0, 0.1) is 0 Å². The van der Waals surface area contributed by atoms with Gasteiger partial charge in [-0.3, -0.25) is 9.36 Å². The van der Waals surface area contributed by atoms with Gasteiger partial charge in [-0.2, -0.15) is 0 Å². The number of carbonyl (C=O) groups is 1. The number of nitrogens with zero attached hydrogens (tertiary/aromatic N) is 2. The zero-order valence-electron chi connectivity index (χ0n) is 23.4. The normalized spacial score (nSPS) is 14.8. The minimum absolute atomic E-state index is 0.171. The summed E-state index contributed by atoms with van der Waals surface area (Å²) in [5.41, 5.74) is 2.72. The Hall–Kier alpha value is -4.95. The van der Waals surface area contributed by atoms with Crippen LogP contribution < -0.4 is 24.4 Å². The first-order valence-corrected chi connectivity index (χ1v) is 14.3. The minimum Gasteiger partial charge on any atom is -0.497 e. The zero-order valence-corrected chi connectivity index (χ0v) is 24.2. The van der Waals surface area contributed by atoms with Crippen LogP contribution in [0.15, 0.2) is 106 Å². The van der Waals surface area contributed by atoms with E-state index in [1.807, 2.05) is 97.1 Å². The lowest BCUT2D eigenvalue weighted by molar-refractivity contribution is -0.138. The topological polar surface area (TPSA) is 79.1 Å². The van der Waals surface area contributed by atoms with E-state index in [1.165, 1.54) is 11.3 Å². The molecule has 0 N–H and O–H groups in total. The Morgan fingerprint density at radius 3 is 2.50 bits per heavy atom. The van der Waals surface area contributed by atoms with Crippen molar-refractivity contribution in [3.8, 4) is 11.5 Å². The van der Waals surface area contributed by atoms with Gasteiger partial charge in [-0.25, -0.2) is 9.79 Å². The van der Waals surface area contributed by atoms with Crippen LogP contribution >= 0.6 is 11.3 Å². The fourth-order valence-corrected chi connectivity index (χ4v) is 6.33. The molecule has 1 unspecified atom stereocenters. The number of hydrogen-bond acceptors (Lipinski definition) is 7. The van der Waals surface area contributed by atoms with Crippen molar-refractivity contribution in [3.05, 3.63) is 133 Å². The maximum Gasteiger partial charge on any atom is 0.338 e. The summed E-state index contributed by atoms with van der Waals surface area (Å²) in [6.07, 6.45) is 1.82. The second-order valence-corrected chi connectivity index (χ2v) is 10.6. The van der Waals surface area contributed by atoms with Gasteiger partial charge in [-0.1, -0.05) is 84.1 Å². The van der Waals surface area contributed by atoms with Crippen LogP contribution in [0.2, 0.25) is 0 Å². The average molecular weight is 577 g/mol. The highest BCUT2D eigenvalue weighted by Gasteiger charge is 2.37. The molecule has 5 aromatic rings. The third-order valence-electron chi connectivity index (χ3n) is 7.19. The summed E-state index contributed by atoms with van der Waals surface area (Å²) < 4.78 is 19.0. The molecule has 4 aromatic carbocycles. The van der Waals surface area contributed by atoms with E-state index < -0.39 is 12.0 Å². The Morgan fingerprint density at radius 2 is 1.74 bits per heavy atom. The fraction of sp³-hybridized carbons (Fsp3) is 0.147. The molecule has 0 radical (unpaired) electrons. The molecule has 1 atom stereocenters. The van der Waals surface area contributed by atoms with Crippen LogP contribution in [-0.2, 0) is 9.53 Å². The fourth-order valence-electron chi connectivity index (χ4n) is 5.33. The molecular formula is C34H28N2O5S. The predicted octanol–water partition coefficient (Wildman–Crippen LogP) is 5.11. The second-order valence-electron chi connectivity index (χ2n) is 9.61. The van der Waals surface area contributed by atoms with E-state index in [2.05, 4.69) is 0 Å². The van der Waals surface area contributed by atoms with E-state index in [0.717, 1.165) is 21.9 Å². The summed E-state index contributed by atoms with van der Waals surface area (Å²) in [4.78, 5) is 33.6. The largest absolute Gasteiger partial charge is 0.497 e. The lowest BCUT2D eigenvalue weighted by Crippen LogP contribution is -2.40. The third kappa shape index (κ3) is 4.80. The van der Waals surface area contributed by atoms with E-state index in [9.17, 15) is 9.59 Å². The molecule has 210 valence electrons. The molecular weight excluding hydrogens is 548 g/mol. The first-order chi connectivity index (χ1) is 20.5. The molecule has 2 heterocycles. The maximum atomic E-state index is 14.3. The molecule has 42 heavy (non-hydrogen) atoms. The van der Waals surface area contributed by atoms with Gasteiger partial charge in [0.1, 0.15) is 17.5 Å². The maximum absolute atomic E-state index is 14.3. The molecule has 6 rings (SSSR count). The molecule has 8 heteroatoms. The molecule has 0 fully saturated rings. The second kappa shape index (κ2) is 11.5. The average Bonchev–Trinajstić information content (AvgIpc) is 3.34. The molecule has 0 saturated heterocycles. The van der Waals surface area contributed by atoms with Gasteiger partial charge in [0, 0.05) is 11.1 Å². The summed E-state index contributed by atoms with van der Waals surface area (Å²) in [5, 5.41) is 1.81. The number of hydrogen-bond donors (Lipinski definition) is 0. The number of benzene rings is 4. The van der Waals surface area contributed by atoms with Gasteiger partial charge in [-0.05, 0) is 47.5 Å². The van der Waals surface area contributed by atoms with Crippen LogP contribution in [0.3, 0.4) is 0 Å². The van der Waals surface area contributed by atoms with Crippen molar-refractivity contribution < 1.29 is 19.0 Å². The van der Waals surface area contributed by atoms with Crippen molar-refractivity contribution >= 4 is 39.9 Å².